The molecule has 0 aromatic heterocycles. The number of benzene rings is 2. The van der Waals surface area contributed by atoms with Crippen molar-refractivity contribution >= 4 is 41.1 Å². The fourth-order valence-corrected chi connectivity index (χ4v) is 5.02. The molecule has 0 spiro atoms. The number of amides is 1. The van der Waals surface area contributed by atoms with Gasteiger partial charge in [0.2, 0.25) is 5.91 Å². The predicted octanol–water partition coefficient (Wildman–Crippen LogP) is 6.06. The van der Waals surface area contributed by atoms with Gasteiger partial charge in [0, 0.05) is 18.0 Å². The minimum atomic E-state index is -4.54. The van der Waals surface area contributed by atoms with E-state index in [1.807, 2.05) is 6.07 Å². The van der Waals surface area contributed by atoms with Gasteiger partial charge in [0.15, 0.2) is 0 Å². The number of ether oxygens (including phenoxy) is 1. The third-order valence-electron chi connectivity index (χ3n) is 5.41. The van der Waals surface area contributed by atoms with Crippen LogP contribution in [-0.2, 0) is 20.5 Å². The highest BCUT2D eigenvalue weighted by molar-refractivity contribution is 8.00. The summed E-state index contributed by atoms with van der Waals surface area (Å²) in [4.78, 5) is 27.5. The van der Waals surface area contributed by atoms with Crippen molar-refractivity contribution in [2.45, 2.75) is 37.3 Å². The number of nitrogens with zero attached hydrogens (tertiary/aromatic N) is 2. The number of alkyl halides is 3. The number of carbonyl (C=O) groups is 2. The standard InChI is InChI=1S/C24H26ClF3N2O3S/c1-2-33-23(32)13-17-7-6-12-29(15-17)22(31)16-30(34-19-8-4-3-5-9-19)21-14-18(24(26,27)28)10-11-20(21)25/h3-5,8-11,14,17H,2,6-7,12-13,15-16H2,1H3. The number of likely N-dealkylation sites (tertiary alicyclic amines) is 1. The molecule has 1 aliphatic rings. The average Bonchev–Trinajstić information content (AvgIpc) is 2.79. The van der Waals surface area contributed by atoms with Crippen molar-refractivity contribution in [2.75, 3.05) is 30.5 Å². The Morgan fingerprint density at radius 3 is 2.62 bits per heavy atom. The normalized spacial score (nSPS) is 16.3. The summed E-state index contributed by atoms with van der Waals surface area (Å²) in [6.07, 6.45) is -2.75. The Balaban J connectivity index is 1.81. The second-order valence-corrected chi connectivity index (χ2v) is 9.46. The van der Waals surface area contributed by atoms with Gasteiger partial charge in [-0.3, -0.25) is 9.59 Å². The van der Waals surface area contributed by atoms with Crippen LogP contribution in [-0.4, -0.2) is 43.0 Å². The molecule has 0 bridgehead atoms. The lowest BCUT2D eigenvalue weighted by atomic mass is 9.95. The molecule has 1 atom stereocenters. The van der Waals surface area contributed by atoms with Crippen molar-refractivity contribution in [3.8, 4) is 0 Å². The summed E-state index contributed by atoms with van der Waals surface area (Å²) in [5, 5.41) is 0.114. The molecule has 2 aromatic carbocycles. The SMILES string of the molecule is CCOC(=O)CC1CCCN(C(=O)CN(Sc2ccccc2)c2cc(C(F)(F)F)ccc2Cl)C1. The van der Waals surface area contributed by atoms with Crippen molar-refractivity contribution in [3.63, 3.8) is 0 Å². The van der Waals surface area contributed by atoms with Crippen molar-refractivity contribution in [1.82, 2.24) is 4.90 Å². The number of halogens is 4. The molecule has 1 aliphatic heterocycles. The number of esters is 1. The Morgan fingerprint density at radius 1 is 1.21 bits per heavy atom. The molecule has 1 saturated heterocycles. The zero-order chi connectivity index (χ0) is 24.7. The van der Waals surface area contributed by atoms with E-state index >= 15 is 0 Å². The van der Waals surface area contributed by atoms with Crippen LogP contribution >= 0.6 is 23.5 Å². The largest absolute Gasteiger partial charge is 0.466 e. The van der Waals surface area contributed by atoms with E-state index in [-0.39, 0.29) is 41.5 Å². The second kappa shape index (κ2) is 11.8. The molecule has 0 radical (unpaired) electrons. The van der Waals surface area contributed by atoms with Gasteiger partial charge in [-0.05, 0) is 68.0 Å². The van der Waals surface area contributed by atoms with Crippen LogP contribution in [0.25, 0.3) is 0 Å². The lowest BCUT2D eigenvalue weighted by Gasteiger charge is -2.34. The number of carbonyl (C=O) groups excluding carboxylic acids is 2. The average molecular weight is 515 g/mol. The lowest BCUT2D eigenvalue weighted by molar-refractivity contribution is -0.145. The van der Waals surface area contributed by atoms with Gasteiger partial charge in [-0.2, -0.15) is 13.2 Å². The van der Waals surface area contributed by atoms with Gasteiger partial charge in [-0.1, -0.05) is 29.8 Å². The number of hydrogen-bond acceptors (Lipinski definition) is 5. The van der Waals surface area contributed by atoms with Gasteiger partial charge < -0.3 is 13.9 Å². The van der Waals surface area contributed by atoms with Gasteiger partial charge in [0.25, 0.3) is 0 Å². The van der Waals surface area contributed by atoms with E-state index in [9.17, 15) is 22.8 Å². The number of anilines is 1. The molecule has 10 heteroatoms. The van der Waals surface area contributed by atoms with Crippen molar-refractivity contribution in [3.05, 3.63) is 59.1 Å². The molecule has 3 rings (SSSR count). The quantitative estimate of drug-likeness (QED) is 0.316. The second-order valence-electron chi connectivity index (χ2n) is 7.96. The van der Waals surface area contributed by atoms with Crippen LogP contribution in [0, 0.1) is 5.92 Å². The summed E-state index contributed by atoms with van der Waals surface area (Å²) >= 11 is 7.43. The minimum Gasteiger partial charge on any atom is -0.466 e. The number of hydrogen-bond donors (Lipinski definition) is 0. The zero-order valence-corrected chi connectivity index (χ0v) is 20.3. The predicted molar refractivity (Wildman–Crippen MR) is 127 cm³/mol. The topological polar surface area (TPSA) is 49.9 Å². The summed E-state index contributed by atoms with van der Waals surface area (Å²) < 4.78 is 46.6. The highest BCUT2D eigenvalue weighted by Crippen LogP contribution is 2.39. The van der Waals surface area contributed by atoms with E-state index in [0.717, 1.165) is 41.8 Å². The summed E-state index contributed by atoms with van der Waals surface area (Å²) in [6, 6.07) is 12.1. The Bertz CT molecular complexity index is 991. The molecule has 5 nitrogen and oxygen atoms in total. The van der Waals surface area contributed by atoms with Gasteiger partial charge in [-0.25, -0.2) is 0 Å². The molecule has 0 N–H and O–H groups in total. The first-order chi connectivity index (χ1) is 16.2. The van der Waals surface area contributed by atoms with E-state index in [2.05, 4.69) is 0 Å². The van der Waals surface area contributed by atoms with Gasteiger partial charge in [0.1, 0.15) is 6.54 Å². The minimum absolute atomic E-state index is 0.0101. The third kappa shape index (κ3) is 7.30. The fraction of sp³-hybridized carbons (Fsp3) is 0.417. The van der Waals surface area contributed by atoms with Crippen LogP contribution in [0.2, 0.25) is 5.02 Å². The van der Waals surface area contributed by atoms with Gasteiger partial charge >= 0.3 is 12.1 Å². The van der Waals surface area contributed by atoms with Crippen molar-refractivity contribution in [1.29, 1.82) is 0 Å². The monoisotopic (exact) mass is 514 g/mol. The lowest BCUT2D eigenvalue weighted by Crippen LogP contribution is -2.44. The van der Waals surface area contributed by atoms with Gasteiger partial charge in [0.05, 0.1) is 29.3 Å². The van der Waals surface area contributed by atoms with Crippen molar-refractivity contribution < 1.29 is 27.5 Å². The molecule has 184 valence electrons. The van der Waals surface area contributed by atoms with E-state index in [1.54, 1.807) is 36.1 Å². The molecule has 0 aliphatic carbocycles. The smallest absolute Gasteiger partial charge is 0.416 e. The van der Waals surface area contributed by atoms with Crippen molar-refractivity contribution in [2.24, 2.45) is 5.92 Å². The van der Waals surface area contributed by atoms with Gasteiger partial charge in [-0.15, -0.1) is 0 Å². The van der Waals surface area contributed by atoms with Crippen LogP contribution in [0.5, 0.6) is 0 Å². The maximum atomic E-state index is 13.4. The van der Waals surface area contributed by atoms with Crippen LogP contribution in [0.4, 0.5) is 18.9 Å². The Morgan fingerprint density at radius 2 is 1.94 bits per heavy atom. The van der Waals surface area contributed by atoms with Crippen LogP contribution in [0.1, 0.15) is 31.7 Å². The molecule has 0 saturated carbocycles. The maximum Gasteiger partial charge on any atom is 0.416 e. The summed E-state index contributed by atoms with van der Waals surface area (Å²) in [7, 11) is 0. The fourth-order valence-electron chi connectivity index (χ4n) is 3.79. The first-order valence-corrected chi connectivity index (χ1v) is 12.1. The first-order valence-electron chi connectivity index (χ1n) is 11.0. The molecular formula is C24H26ClF3N2O3S. The third-order valence-corrected chi connectivity index (χ3v) is 6.76. The summed E-state index contributed by atoms with van der Waals surface area (Å²) in [5.74, 6) is -0.548. The molecule has 1 unspecified atom stereocenters. The molecule has 34 heavy (non-hydrogen) atoms. The van der Waals surface area contributed by atoms with Crippen LogP contribution in [0.3, 0.4) is 0 Å². The van der Waals surface area contributed by atoms with Crippen LogP contribution < -0.4 is 4.31 Å². The van der Waals surface area contributed by atoms with E-state index in [0.29, 0.717) is 19.7 Å². The van der Waals surface area contributed by atoms with Crippen LogP contribution in [0.15, 0.2) is 53.4 Å². The van der Waals surface area contributed by atoms with E-state index in [1.165, 1.54) is 10.4 Å². The molecular weight excluding hydrogens is 489 g/mol. The van der Waals surface area contributed by atoms with E-state index in [4.69, 9.17) is 16.3 Å². The van der Waals surface area contributed by atoms with E-state index < -0.39 is 11.7 Å². The highest BCUT2D eigenvalue weighted by Gasteiger charge is 2.33. The Hall–Kier alpha value is -2.39. The first kappa shape index (κ1) is 26.2. The Kier molecular flexibility index (Phi) is 9.13. The zero-order valence-electron chi connectivity index (χ0n) is 18.7. The molecule has 1 amide bonds. The molecule has 1 fully saturated rings. The maximum absolute atomic E-state index is 13.4. The molecule has 2 aromatic rings. The Labute approximate surface area is 206 Å². The molecule has 1 heterocycles. The summed E-state index contributed by atoms with van der Waals surface area (Å²) in [6.45, 7) is 2.80. The number of piperidine rings is 1. The summed E-state index contributed by atoms with van der Waals surface area (Å²) in [5.41, 5.74) is -0.732. The highest BCUT2D eigenvalue weighted by atomic mass is 35.5. The number of rotatable bonds is 8.